The number of esters is 1. The number of Topliss-reactive ketones (excluding diaryl/α,β-unsaturated/α-hetero) is 1. The minimum atomic E-state index is -0.771. The molecule has 0 aliphatic rings. The van der Waals surface area contributed by atoms with Gasteiger partial charge in [0.15, 0.2) is 12.4 Å². The highest BCUT2D eigenvalue weighted by molar-refractivity contribution is 6.31. The summed E-state index contributed by atoms with van der Waals surface area (Å²) < 4.78 is 10.3. The number of fused-ring (bicyclic) bond motifs is 1. The second kappa shape index (κ2) is 7.41. The average Bonchev–Trinajstić information content (AvgIpc) is 3.03. The number of amides is 1. The van der Waals surface area contributed by atoms with Gasteiger partial charge in [0.2, 0.25) is 5.76 Å². The molecule has 1 N–H and O–H groups in total. The average molecular weight is 372 g/mol. The first kappa shape index (κ1) is 17.7. The number of ether oxygens (including phenoxy) is 1. The normalized spacial score (nSPS) is 10.5. The van der Waals surface area contributed by atoms with Crippen molar-refractivity contribution in [3.8, 4) is 0 Å². The van der Waals surface area contributed by atoms with E-state index in [9.17, 15) is 14.4 Å². The molecule has 0 radical (unpaired) electrons. The molecule has 26 heavy (non-hydrogen) atoms. The van der Waals surface area contributed by atoms with Gasteiger partial charge >= 0.3 is 5.97 Å². The third kappa shape index (κ3) is 3.92. The van der Waals surface area contributed by atoms with Crippen LogP contribution >= 0.6 is 11.6 Å². The molecule has 3 aromatic rings. The predicted molar refractivity (Wildman–Crippen MR) is 96.6 cm³/mol. The first-order chi connectivity index (χ1) is 12.4. The van der Waals surface area contributed by atoms with Crippen LogP contribution in [-0.4, -0.2) is 24.3 Å². The molecular weight excluding hydrogens is 358 g/mol. The number of anilines is 1. The first-order valence-corrected chi connectivity index (χ1v) is 8.08. The number of para-hydroxylation sites is 1. The number of hydrogen-bond acceptors (Lipinski definition) is 5. The van der Waals surface area contributed by atoms with Gasteiger partial charge in [-0.15, -0.1) is 0 Å². The van der Waals surface area contributed by atoms with E-state index in [-0.39, 0.29) is 11.5 Å². The third-order valence-electron chi connectivity index (χ3n) is 3.59. The maximum absolute atomic E-state index is 12.0. The van der Waals surface area contributed by atoms with Gasteiger partial charge in [0.1, 0.15) is 5.58 Å². The lowest BCUT2D eigenvalue weighted by atomic mass is 10.1. The Morgan fingerprint density at radius 2 is 1.88 bits per heavy atom. The third-order valence-corrected chi connectivity index (χ3v) is 3.83. The Kier molecular flexibility index (Phi) is 5.04. The van der Waals surface area contributed by atoms with Crippen LogP contribution in [0.4, 0.5) is 5.69 Å². The molecule has 0 aliphatic carbocycles. The van der Waals surface area contributed by atoms with Crippen LogP contribution < -0.4 is 5.32 Å². The van der Waals surface area contributed by atoms with Gasteiger partial charge in [-0.2, -0.15) is 0 Å². The van der Waals surface area contributed by atoms with E-state index < -0.39 is 18.5 Å². The largest absolute Gasteiger partial charge is 0.450 e. The Morgan fingerprint density at radius 3 is 2.65 bits per heavy atom. The zero-order valence-electron chi connectivity index (χ0n) is 13.7. The summed E-state index contributed by atoms with van der Waals surface area (Å²) in [6.07, 6.45) is 0. The molecular formula is C19H14ClNO5. The van der Waals surface area contributed by atoms with Crippen LogP contribution in [0.1, 0.15) is 27.8 Å². The minimum Gasteiger partial charge on any atom is -0.450 e. The highest BCUT2D eigenvalue weighted by Gasteiger charge is 2.16. The number of carbonyl (C=O) groups excluding carboxylic acids is 3. The summed E-state index contributed by atoms with van der Waals surface area (Å²) in [7, 11) is 0. The van der Waals surface area contributed by atoms with Crippen LogP contribution in [0.2, 0.25) is 5.02 Å². The zero-order valence-corrected chi connectivity index (χ0v) is 14.5. The Labute approximate surface area is 153 Å². The fourth-order valence-corrected chi connectivity index (χ4v) is 2.58. The number of benzene rings is 2. The molecule has 132 valence electrons. The van der Waals surface area contributed by atoms with E-state index in [1.807, 2.05) is 0 Å². The van der Waals surface area contributed by atoms with Gasteiger partial charge in [0.05, 0.1) is 5.69 Å². The van der Waals surface area contributed by atoms with Crippen molar-refractivity contribution < 1.29 is 23.5 Å². The van der Waals surface area contributed by atoms with E-state index in [2.05, 4.69) is 5.32 Å². The molecule has 0 unspecified atom stereocenters. The fraction of sp³-hybridized carbons (Fsp3) is 0.105. The molecule has 0 bridgehead atoms. The van der Waals surface area contributed by atoms with Gasteiger partial charge in [0, 0.05) is 16.0 Å². The van der Waals surface area contributed by atoms with E-state index in [0.717, 1.165) is 0 Å². The van der Waals surface area contributed by atoms with Crippen LogP contribution in [0.25, 0.3) is 11.0 Å². The lowest BCUT2D eigenvalue weighted by Crippen LogP contribution is -2.21. The molecule has 1 heterocycles. The molecule has 0 fully saturated rings. The Morgan fingerprint density at radius 1 is 1.12 bits per heavy atom. The lowest BCUT2D eigenvalue weighted by Gasteiger charge is -2.09. The van der Waals surface area contributed by atoms with Crippen molar-refractivity contribution >= 4 is 45.9 Å². The van der Waals surface area contributed by atoms with Crippen LogP contribution in [0.15, 0.2) is 52.9 Å². The summed E-state index contributed by atoms with van der Waals surface area (Å²) in [4.78, 5) is 35.6. The number of halogens is 1. The molecule has 1 amide bonds. The second-order valence-electron chi connectivity index (χ2n) is 5.52. The van der Waals surface area contributed by atoms with Crippen LogP contribution in [-0.2, 0) is 9.53 Å². The Balaban J connectivity index is 1.63. The van der Waals surface area contributed by atoms with E-state index in [1.54, 1.807) is 42.5 Å². The van der Waals surface area contributed by atoms with Crippen molar-refractivity contribution in [2.24, 2.45) is 0 Å². The predicted octanol–water partition coefficient (Wildman–Crippen LogP) is 4.08. The molecule has 2 aromatic carbocycles. The summed E-state index contributed by atoms with van der Waals surface area (Å²) in [6, 6.07) is 13.0. The number of carbonyl (C=O) groups is 3. The first-order valence-electron chi connectivity index (χ1n) is 7.70. The highest BCUT2D eigenvalue weighted by atomic mass is 35.5. The van der Waals surface area contributed by atoms with E-state index in [1.165, 1.54) is 13.0 Å². The van der Waals surface area contributed by atoms with E-state index in [4.69, 9.17) is 20.8 Å². The van der Waals surface area contributed by atoms with E-state index in [0.29, 0.717) is 27.2 Å². The molecule has 6 nitrogen and oxygen atoms in total. The molecule has 1 aromatic heterocycles. The molecule has 0 atom stereocenters. The number of nitrogens with one attached hydrogen (secondary N) is 1. The van der Waals surface area contributed by atoms with Crippen molar-refractivity contribution in [1.82, 2.24) is 0 Å². The minimum absolute atomic E-state index is 0.0285. The van der Waals surface area contributed by atoms with Gasteiger partial charge in [-0.25, -0.2) is 4.79 Å². The number of rotatable bonds is 5. The van der Waals surface area contributed by atoms with E-state index >= 15 is 0 Å². The SMILES string of the molecule is CC(=O)c1ccccc1NC(=O)COC(=O)c1cc2cc(Cl)ccc2o1. The van der Waals surface area contributed by atoms with Crippen molar-refractivity contribution in [3.63, 3.8) is 0 Å². The van der Waals surface area contributed by atoms with Crippen molar-refractivity contribution in [1.29, 1.82) is 0 Å². The quantitative estimate of drug-likeness (QED) is 0.539. The summed E-state index contributed by atoms with van der Waals surface area (Å²) >= 11 is 5.89. The van der Waals surface area contributed by atoms with Gasteiger partial charge in [0.25, 0.3) is 5.91 Å². The van der Waals surface area contributed by atoms with Crippen LogP contribution in [0, 0.1) is 0 Å². The Hall–Kier alpha value is -3.12. The molecule has 0 saturated heterocycles. The number of hydrogen-bond donors (Lipinski definition) is 1. The second-order valence-corrected chi connectivity index (χ2v) is 5.96. The molecule has 0 saturated carbocycles. The molecule has 7 heteroatoms. The molecule has 3 rings (SSSR count). The monoisotopic (exact) mass is 371 g/mol. The van der Waals surface area contributed by atoms with Crippen LogP contribution in [0.3, 0.4) is 0 Å². The number of ketones is 1. The maximum atomic E-state index is 12.0. The van der Waals surface area contributed by atoms with Crippen molar-refractivity contribution in [2.75, 3.05) is 11.9 Å². The summed E-state index contributed by atoms with van der Waals surface area (Å²) in [5, 5.41) is 3.72. The standard InChI is InChI=1S/C19H14ClNO5/c1-11(22)14-4-2-3-5-15(14)21-18(23)10-25-19(24)17-9-12-8-13(20)6-7-16(12)26-17/h2-9H,10H2,1H3,(H,21,23). The van der Waals surface area contributed by atoms with Gasteiger partial charge in [-0.1, -0.05) is 23.7 Å². The smallest absolute Gasteiger partial charge is 0.374 e. The van der Waals surface area contributed by atoms with Gasteiger partial charge in [-0.05, 0) is 43.3 Å². The highest BCUT2D eigenvalue weighted by Crippen LogP contribution is 2.23. The topological polar surface area (TPSA) is 85.6 Å². The van der Waals surface area contributed by atoms with Gasteiger partial charge < -0.3 is 14.5 Å². The van der Waals surface area contributed by atoms with Gasteiger partial charge in [-0.3, -0.25) is 9.59 Å². The zero-order chi connectivity index (χ0) is 18.7. The summed E-state index contributed by atoms with van der Waals surface area (Å²) in [5.41, 5.74) is 1.22. The number of furan rings is 1. The fourth-order valence-electron chi connectivity index (χ4n) is 2.40. The lowest BCUT2D eigenvalue weighted by molar-refractivity contribution is -0.119. The van der Waals surface area contributed by atoms with Crippen molar-refractivity contribution in [3.05, 3.63) is 64.9 Å². The Bertz CT molecular complexity index is 1010. The molecule has 0 aliphatic heterocycles. The summed E-state index contributed by atoms with van der Waals surface area (Å²) in [5.74, 6) is -1.54. The summed E-state index contributed by atoms with van der Waals surface area (Å²) in [6.45, 7) is 0.891. The maximum Gasteiger partial charge on any atom is 0.374 e. The van der Waals surface area contributed by atoms with Crippen molar-refractivity contribution in [2.45, 2.75) is 6.92 Å². The molecule has 0 spiro atoms. The van der Waals surface area contributed by atoms with Crippen LogP contribution in [0.5, 0.6) is 0 Å².